The van der Waals surface area contributed by atoms with Crippen molar-refractivity contribution in [2.75, 3.05) is 20.3 Å². The molecule has 4 aliphatic rings. The van der Waals surface area contributed by atoms with Crippen LogP contribution in [0.1, 0.15) is 32.1 Å². The molecule has 0 spiro atoms. The van der Waals surface area contributed by atoms with E-state index < -0.39 is 47.7 Å². The molecule has 5 heterocycles. The quantitative estimate of drug-likeness (QED) is 0.451. The minimum atomic E-state index is -0.887. The summed E-state index contributed by atoms with van der Waals surface area (Å²) in [5, 5.41) is 2.83. The number of amides is 1. The molecule has 0 bridgehead atoms. The zero-order chi connectivity index (χ0) is 26.6. The molecule has 4 fully saturated rings. The SMILES string of the molecule is COc1ccc(Cn2c(=O)ccn([C@@H]3O[C@H](C[C@@H]4O[C@H]4C(=O)NC[C@@H]4CO4)[C@H]4OC(C)(C)O[C@H]43)c2=O)cc1. The van der Waals surface area contributed by atoms with E-state index in [0.717, 1.165) is 10.1 Å². The van der Waals surface area contributed by atoms with Gasteiger partial charge in [0.05, 0.1) is 38.6 Å². The number of nitrogens with one attached hydrogen (secondary N) is 1. The third-order valence-electron chi connectivity index (χ3n) is 7.21. The minimum Gasteiger partial charge on any atom is -0.497 e. The maximum absolute atomic E-state index is 13.5. The third kappa shape index (κ3) is 5.02. The second-order valence-corrected chi connectivity index (χ2v) is 10.4. The molecule has 2 aromatic rings. The molecule has 6 rings (SSSR count). The lowest BCUT2D eigenvalue weighted by Gasteiger charge is -2.25. The van der Waals surface area contributed by atoms with E-state index in [0.29, 0.717) is 25.3 Å². The zero-order valence-corrected chi connectivity index (χ0v) is 21.4. The predicted molar refractivity (Wildman–Crippen MR) is 131 cm³/mol. The number of nitrogens with zero attached hydrogens (tertiary/aromatic N) is 2. The molecule has 0 saturated carbocycles. The first-order valence-corrected chi connectivity index (χ1v) is 12.7. The van der Waals surface area contributed by atoms with E-state index in [-0.39, 0.29) is 24.7 Å². The number of hydrogen-bond acceptors (Lipinski definition) is 9. The number of hydrogen-bond donors (Lipinski definition) is 1. The number of carbonyl (C=O) groups excluding carboxylic acids is 1. The maximum Gasteiger partial charge on any atom is 0.333 e. The van der Waals surface area contributed by atoms with Crippen molar-refractivity contribution >= 4 is 5.91 Å². The van der Waals surface area contributed by atoms with Crippen molar-refractivity contribution < 1.29 is 33.2 Å². The molecular weight excluding hydrogens is 498 g/mol. The molecule has 1 aromatic carbocycles. The number of epoxide rings is 2. The van der Waals surface area contributed by atoms with Crippen LogP contribution >= 0.6 is 0 Å². The standard InChI is InChI=1S/C26H31N3O9/c1-26(2)37-20-17(10-18-21(35-18)23(31)27-11-16-13-34-16)36-24(22(20)38-26)28-9-8-19(30)29(25(28)32)12-14-4-6-15(33-3)7-5-14/h4-9,16-18,20-22,24H,10-13H2,1-3H3,(H,27,31)/t16-,17-,18+,20-,21-,22-,24-/m1/s1. The summed E-state index contributed by atoms with van der Waals surface area (Å²) in [7, 11) is 1.57. The lowest BCUT2D eigenvalue weighted by molar-refractivity contribution is -0.198. The largest absolute Gasteiger partial charge is 0.497 e. The molecule has 4 saturated heterocycles. The number of rotatable bonds is 9. The van der Waals surface area contributed by atoms with Crippen LogP contribution in [0, 0.1) is 0 Å². The molecule has 1 N–H and O–H groups in total. The predicted octanol–water partition coefficient (Wildman–Crippen LogP) is 0.157. The van der Waals surface area contributed by atoms with Crippen LogP contribution in [-0.4, -0.2) is 77.7 Å². The Bertz CT molecular complexity index is 1320. The molecule has 12 nitrogen and oxygen atoms in total. The van der Waals surface area contributed by atoms with Crippen molar-refractivity contribution in [1.82, 2.24) is 14.5 Å². The minimum absolute atomic E-state index is 0.0911. The number of fused-ring (bicyclic) bond motifs is 1. The zero-order valence-electron chi connectivity index (χ0n) is 21.4. The Labute approximate surface area is 218 Å². The van der Waals surface area contributed by atoms with E-state index in [1.165, 1.54) is 16.8 Å². The number of ether oxygens (including phenoxy) is 6. The first-order valence-electron chi connectivity index (χ1n) is 12.7. The highest BCUT2D eigenvalue weighted by Gasteiger charge is 2.58. The average molecular weight is 530 g/mol. The fourth-order valence-corrected chi connectivity index (χ4v) is 5.14. The highest BCUT2D eigenvalue weighted by atomic mass is 16.8. The van der Waals surface area contributed by atoms with Gasteiger partial charge in [-0.1, -0.05) is 12.1 Å². The number of aromatic nitrogens is 2. The lowest BCUT2D eigenvalue weighted by atomic mass is 10.0. The van der Waals surface area contributed by atoms with E-state index in [1.807, 2.05) is 0 Å². The van der Waals surface area contributed by atoms with E-state index in [4.69, 9.17) is 28.4 Å². The number of methoxy groups -OCH3 is 1. The number of benzene rings is 1. The summed E-state index contributed by atoms with van der Waals surface area (Å²) in [6.07, 6.45) is -1.32. The van der Waals surface area contributed by atoms with E-state index in [9.17, 15) is 14.4 Å². The molecular formula is C26H31N3O9. The Kier molecular flexibility index (Phi) is 6.39. The van der Waals surface area contributed by atoms with E-state index in [2.05, 4.69) is 5.32 Å². The summed E-state index contributed by atoms with van der Waals surface area (Å²) in [4.78, 5) is 38.5. The van der Waals surface area contributed by atoms with Gasteiger partial charge >= 0.3 is 5.69 Å². The van der Waals surface area contributed by atoms with Crippen LogP contribution in [0.15, 0.2) is 46.1 Å². The number of carbonyl (C=O) groups is 1. The Balaban J connectivity index is 1.20. The topological polar surface area (TPSA) is 135 Å². The average Bonchev–Trinajstić information content (AvgIpc) is 3.81. The van der Waals surface area contributed by atoms with Gasteiger partial charge in [-0.25, -0.2) is 4.79 Å². The van der Waals surface area contributed by atoms with Crippen molar-refractivity contribution in [2.24, 2.45) is 0 Å². The van der Waals surface area contributed by atoms with Crippen molar-refractivity contribution in [1.29, 1.82) is 0 Å². The van der Waals surface area contributed by atoms with Gasteiger partial charge in [-0.3, -0.25) is 18.7 Å². The molecule has 12 heteroatoms. The summed E-state index contributed by atoms with van der Waals surface area (Å²) < 4.78 is 37.0. The Morgan fingerprint density at radius 1 is 1.08 bits per heavy atom. The van der Waals surface area contributed by atoms with Gasteiger partial charge in [0.15, 0.2) is 18.1 Å². The van der Waals surface area contributed by atoms with Crippen LogP contribution in [-0.2, 0) is 35.0 Å². The van der Waals surface area contributed by atoms with Gasteiger partial charge in [0.1, 0.15) is 18.0 Å². The monoisotopic (exact) mass is 529 g/mol. The van der Waals surface area contributed by atoms with Crippen molar-refractivity contribution in [3.8, 4) is 5.75 Å². The smallest absolute Gasteiger partial charge is 0.333 e. The van der Waals surface area contributed by atoms with Crippen LogP contribution in [0.5, 0.6) is 5.75 Å². The highest BCUT2D eigenvalue weighted by molar-refractivity contribution is 5.83. The van der Waals surface area contributed by atoms with Crippen LogP contribution in [0.3, 0.4) is 0 Å². The van der Waals surface area contributed by atoms with Gasteiger partial charge in [0.2, 0.25) is 0 Å². The second-order valence-electron chi connectivity index (χ2n) is 10.4. The lowest BCUT2D eigenvalue weighted by Crippen LogP contribution is -2.43. The van der Waals surface area contributed by atoms with Crippen molar-refractivity contribution in [3.63, 3.8) is 0 Å². The van der Waals surface area contributed by atoms with Crippen LogP contribution in [0.2, 0.25) is 0 Å². The molecule has 38 heavy (non-hydrogen) atoms. The highest BCUT2D eigenvalue weighted by Crippen LogP contribution is 2.45. The summed E-state index contributed by atoms with van der Waals surface area (Å²) in [5.41, 5.74) is -0.168. The molecule has 7 atom stereocenters. The van der Waals surface area contributed by atoms with Gasteiger partial charge in [0, 0.05) is 25.2 Å². The fourth-order valence-electron chi connectivity index (χ4n) is 5.14. The maximum atomic E-state index is 13.5. The van der Waals surface area contributed by atoms with Crippen LogP contribution in [0.25, 0.3) is 0 Å². The second kappa shape index (κ2) is 9.62. The summed E-state index contributed by atoms with van der Waals surface area (Å²) >= 11 is 0. The summed E-state index contributed by atoms with van der Waals surface area (Å²) in [6.45, 7) is 4.83. The van der Waals surface area contributed by atoms with Crippen LogP contribution < -0.4 is 21.3 Å². The first kappa shape index (κ1) is 25.3. The molecule has 4 aliphatic heterocycles. The summed E-state index contributed by atoms with van der Waals surface area (Å²) in [6, 6.07) is 8.49. The van der Waals surface area contributed by atoms with Gasteiger partial charge in [-0.15, -0.1) is 0 Å². The van der Waals surface area contributed by atoms with Gasteiger partial charge in [-0.05, 0) is 31.5 Å². The third-order valence-corrected chi connectivity index (χ3v) is 7.21. The summed E-state index contributed by atoms with van der Waals surface area (Å²) in [5.74, 6) is -0.384. The Morgan fingerprint density at radius 3 is 2.53 bits per heavy atom. The van der Waals surface area contributed by atoms with Crippen molar-refractivity contribution in [2.45, 2.75) is 75.5 Å². The molecule has 0 unspecified atom stereocenters. The Hall–Kier alpha value is -3.03. The van der Waals surface area contributed by atoms with Gasteiger partial charge in [-0.2, -0.15) is 0 Å². The normalized spacial score (nSPS) is 32.6. The molecule has 0 radical (unpaired) electrons. The molecule has 1 amide bonds. The molecule has 204 valence electrons. The fraction of sp³-hybridized carbons (Fsp3) is 0.577. The first-order chi connectivity index (χ1) is 18.2. The molecule has 1 aromatic heterocycles. The Morgan fingerprint density at radius 2 is 1.82 bits per heavy atom. The van der Waals surface area contributed by atoms with Crippen LogP contribution in [0.4, 0.5) is 0 Å². The van der Waals surface area contributed by atoms with Crippen molar-refractivity contribution in [3.05, 3.63) is 62.9 Å². The van der Waals surface area contributed by atoms with E-state index in [1.54, 1.807) is 45.2 Å². The van der Waals surface area contributed by atoms with E-state index >= 15 is 0 Å². The van der Waals surface area contributed by atoms with Gasteiger partial charge < -0.3 is 33.7 Å². The molecule has 0 aliphatic carbocycles. The van der Waals surface area contributed by atoms with Gasteiger partial charge in [0.25, 0.3) is 11.5 Å².